The highest BCUT2D eigenvalue weighted by Crippen LogP contribution is 2.38. The number of nitrogens with two attached hydrogens (primary N) is 1. The number of hydrogen-bond donors (Lipinski definition) is 1. The standard InChI is InChI=1S/C14H10F3N3O/c1-8-4-13(20-7-11(8)19)21-12-3-2-9(6-18)5-10(12)14(15,16)17/h2-5,7H,19H2,1H3. The molecule has 108 valence electrons. The number of anilines is 1. The number of nitriles is 1. The summed E-state index contributed by atoms with van der Waals surface area (Å²) in [5, 5.41) is 8.69. The molecule has 1 aromatic heterocycles. The number of alkyl halides is 3. The maximum atomic E-state index is 13.0. The maximum Gasteiger partial charge on any atom is 0.420 e. The molecule has 0 radical (unpaired) electrons. The quantitative estimate of drug-likeness (QED) is 0.917. The van der Waals surface area contributed by atoms with Gasteiger partial charge >= 0.3 is 6.18 Å². The fourth-order valence-corrected chi connectivity index (χ4v) is 1.62. The summed E-state index contributed by atoms with van der Waals surface area (Å²) >= 11 is 0. The molecule has 0 aliphatic heterocycles. The summed E-state index contributed by atoms with van der Waals surface area (Å²) in [4.78, 5) is 3.82. The molecule has 0 aliphatic rings. The summed E-state index contributed by atoms with van der Waals surface area (Å²) in [7, 11) is 0. The zero-order valence-corrected chi connectivity index (χ0v) is 10.9. The molecule has 1 aromatic carbocycles. The van der Waals surface area contributed by atoms with Gasteiger partial charge in [0.15, 0.2) is 0 Å². The van der Waals surface area contributed by atoms with Crippen LogP contribution >= 0.6 is 0 Å². The van der Waals surface area contributed by atoms with Gasteiger partial charge in [0, 0.05) is 6.07 Å². The molecule has 0 saturated carbocycles. The lowest BCUT2D eigenvalue weighted by atomic mass is 10.1. The minimum atomic E-state index is -4.63. The lowest BCUT2D eigenvalue weighted by Gasteiger charge is -2.13. The van der Waals surface area contributed by atoms with Gasteiger partial charge in [-0.05, 0) is 30.7 Å². The van der Waals surface area contributed by atoms with Gasteiger partial charge in [-0.1, -0.05) is 0 Å². The fourth-order valence-electron chi connectivity index (χ4n) is 1.62. The predicted octanol–water partition coefficient (Wildman–Crippen LogP) is 3.66. The Bertz CT molecular complexity index is 720. The Kier molecular flexibility index (Phi) is 3.72. The number of nitrogens with zero attached hydrogens (tertiary/aromatic N) is 2. The van der Waals surface area contributed by atoms with E-state index in [2.05, 4.69) is 4.98 Å². The van der Waals surface area contributed by atoms with Crippen LogP contribution in [0.5, 0.6) is 11.6 Å². The first-order valence-corrected chi connectivity index (χ1v) is 5.82. The van der Waals surface area contributed by atoms with Crippen LogP contribution in [0.3, 0.4) is 0 Å². The molecule has 0 saturated heterocycles. The summed E-state index contributed by atoms with van der Waals surface area (Å²) < 4.78 is 44.1. The molecule has 2 rings (SSSR count). The molecule has 2 N–H and O–H groups in total. The highest BCUT2D eigenvalue weighted by Gasteiger charge is 2.35. The molecule has 1 heterocycles. The van der Waals surface area contributed by atoms with Crippen molar-refractivity contribution >= 4 is 5.69 Å². The molecule has 4 nitrogen and oxygen atoms in total. The third-order valence-electron chi connectivity index (χ3n) is 2.75. The van der Waals surface area contributed by atoms with Gasteiger partial charge < -0.3 is 10.5 Å². The molecule has 0 unspecified atom stereocenters. The van der Waals surface area contributed by atoms with E-state index in [1.54, 1.807) is 13.0 Å². The molecular weight excluding hydrogens is 283 g/mol. The van der Waals surface area contributed by atoms with Crippen LogP contribution in [0.15, 0.2) is 30.5 Å². The molecule has 2 aromatic rings. The fraction of sp³-hybridized carbons (Fsp3) is 0.143. The largest absolute Gasteiger partial charge is 0.438 e. The highest BCUT2D eigenvalue weighted by atomic mass is 19.4. The van der Waals surface area contributed by atoms with E-state index in [-0.39, 0.29) is 11.4 Å². The number of benzene rings is 1. The van der Waals surface area contributed by atoms with Crippen molar-refractivity contribution in [2.24, 2.45) is 0 Å². The number of hydrogen-bond acceptors (Lipinski definition) is 4. The van der Waals surface area contributed by atoms with Crippen molar-refractivity contribution < 1.29 is 17.9 Å². The molecule has 0 aliphatic carbocycles. The average molecular weight is 293 g/mol. The van der Waals surface area contributed by atoms with Gasteiger partial charge in [0.2, 0.25) is 5.88 Å². The van der Waals surface area contributed by atoms with Crippen molar-refractivity contribution in [3.63, 3.8) is 0 Å². The van der Waals surface area contributed by atoms with E-state index in [0.717, 1.165) is 12.1 Å². The second-order valence-corrected chi connectivity index (χ2v) is 4.30. The molecule has 21 heavy (non-hydrogen) atoms. The monoisotopic (exact) mass is 293 g/mol. The van der Waals surface area contributed by atoms with Gasteiger partial charge in [-0.3, -0.25) is 0 Å². The van der Waals surface area contributed by atoms with Gasteiger partial charge in [-0.2, -0.15) is 18.4 Å². The van der Waals surface area contributed by atoms with E-state index in [1.165, 1.54) is 18.3 Å². The Balaban J connectivity index is 2.44. The van der Waals surface area contributed by atoms with Gasteiger partial charge in [0.05, 0.1) is 29.1 Å². The van der Waals surface area contributed by atoms with Crippen LogP contribution in [-0.4, -0.2) is 4.98 Å². The van der Waals surface area contributed by atoms with E-state index in [4.69, 9.17) is 15.7 Å². The molecule has 0 fully saturated rings. The van der Waals surface area contributed by atoms with E-state index in [9.17, 15) is 13.2 Å². The van der Waals surface area contributed by atoms with Crippen molar-refractivity contribution in [2.45, 2.75) is 13.1 Å². The molecular formula is C14H10F3N3O. The first-order valence-electron chi connectivity index (χ1n) is 5.82. The van der Waals surface area contributed by atoms with Gasteiger partial charge in [0.25, 0.3) is 0 Å². The summed E-state index contributed by atoms with van der Waals surface area (Å²) in [5.74, 6) is -0.421. The Morgan fingerprint density at radius 2 is 2.00 bits per heavy atom. The van der Waals surface area contributed by atoms with Gasteiger partial charge in [0.1, 0.15) is 5.75 Å². The Labute approximate surface area is 118 Å². The second kappa shape index (κ2) is 5.32. The number of rotatable bonds is 2. The number of aryl methyl sites for hydroxylation is 1. The molecule has 0 atom stereocenters. The molecule has 0 amide bonds. The first kappa shape index (κ1) is 14.7. The van der Waals surface area contributed by atoms with Crippen molar-refractivity contribution in [3.8, 4) is 17.7 Å². The van der Waals surface area contributed by atoms with Crippen molar-refractivity contribution in [1.29, 1.82) is 5.26 Å². The Morgan fingerprint density at radius 1 is 1.29 bits per heavy atom. The predicted molar refractivity (Wildman–Crippen MR) is 69.6 cm³/mol. The third kappa shape index (κ3) is 3.23. The van der Waals surface area contributed by atoms with Gasteiger partial charge in [-0.15, -0.1) is 0 Å². The van der Waals surface area contributed by atoms with E-state index < -0.39 is 17.5 Å². The Morgan fingerprint density at radius 3 is 2.57 bits per heavy atom. The zero-order chi connectivity index (χ0) is 15.6. The van der Waals surface area contributed by atoms with Crippen LogP contribution in [0, 0.1) is 18.3 Å². The summed E-state index contributed by atoms with van der Waals surface area (Å²) in [6.07, 6.45) is -3.33. The Hall–Kier alpha value is -2.75. The molecule has 0 spiro atoms. The first-order chi connectivity index (χ1) is 9.81. The minimum absolute atomic E-state index is 0.00286. The number of pyridine rings is 1. The minimum Gasteiger partial charge on any atom is -0.438 e. The van der Waals surface area contributed by atoms with Crippen LogP contribution in [0.1, 0.15) is 16.7 Å². The highest BCUT2D eigenvalue weighted by molar-refractivity contribution is 5.48. The lowest BCUT2D eigenvalue weighted by Crippen LogP contribution is -2.08. The number of nitrogen functional groups attached to an aromatic ring is 1. The van der Waals surface area contributed by atoms with E-state index in [1.807, 2.05) is 0 Å². The van der Waals surface area contributed by atoms with Gasteiger partial charge in [-0.25, -0.2) is 4.98 Å². The number of halogens is 3. The summed E-state index contributed by atoms with van der Waals surface area (Å²) in [6, 6.07) is 6.17. The normalized spacial score (nSPS) is 11.0. The maximum absolute atomic E-state index is 13.0. The zero-order valence-electron chi connectivity index (χ0n) is 10.9. The van der Waals surface area contributed by atoms with E-state index in [0.29, 0.717) is 11.3 Å². The summed E-state index contributed by atoms with van der Waals surface area (Å²) in [6.45, 7) is 1.69. The molecule has 7 heteroatoms. The summed E-state index contributed by atoms with van der Waals surface area (Å²) in [5.41, 5.74) is 5.51. The van der Waals surface area contributed by atoms with Crippen LogP contribution in [0.25, 0.3) is 0 Å². The van der Waals surface area contributed by atoms with Crippen LogP contribution in [0.2, 0.25) is 0 Å². The molecule has 0 bridgehead atoms. The average Bonchev–Trinajstić information content (AvgIpc) is 2.42. The number of aromatic nitrogens is 1. The smallest absolute Gasteiger partial charge is 0.420 e. The second-order valence-electron chi connectivity index (χ2n) is 4.30. The third-order valence-corrected chi connectivity index (χ3v) is 2.75. The van der Waals surface area contributed by atoms with Crippen molar-refractivity contribution in [2.75, 3.05) is 5.73 Å². The van der Waals surface area contributed by atoms with Crippen LogP contribution in [0.4, 0.5) is 18.9 Å². The van der Waals surface area contributed by atoms with E-state index >= 15 is 0 Å². The SMILES string of the molecule is Cc1cc(Oc2ccc(C#N)cc2C(F)(F)F)ncc1N. The van der Waals surface area contributed by atoms with Crippen LogP contribution in [-0.2, 0) is 6.18 Å². The number of ether oxygens (including phenoxy) is 1. The lowest BCUT2D eigenvalue weighted by molar-refractivity contribution is -0.138. The van der Waals surface area contributed by atoms with Crippen molar-refractivity contribution in [3.05, 3.63) is 47.2 Å². The topological polar surface area (TPSA) is 71.9 Å². The van der Waals surface area contributed by atoms with Crippen LogP contribution < -0.4 is 10.5 Å². The van der Waals surface area contributed by atoms with Crippen molar-refractivity contribution in [1.82, 2.24) is 4.98 Å².